The molecule has 0 amide bonds. The zero-order valence-electron chi connectivity index (χ0n) is 12.8. The number of rotatable bonds is 11. The van der Waals surface area contributed by atoms with Crippen molar-refractivity contribution in [2.75, 3.05) is 25.6 Å². The van der Waals surface area contributed by atoms with Gasteiger partial charge in [0.1, 0.15) is 0 Å². The lowest BCUT2D eigenvalue weighted by molar-refractivity contribution is 0.570. The van der Waals surface area contributed by atoms with E-state index < -0.39 is 10.0 Å². The van der Waals surface area contributed by atoms with Crippen LogP contribution in [0.3, 0.4) is 0 Å². The minimum absolute atomic E-state index is 0.0877. The van der Waals surface area contributed by atoms with E-state index in [1.165, 1.54) is 12.2 Å². The Kier molecular flexibility index (Phi) is 8.91. The van der Waals surface area contributed by atoms with Gasteiger partial charge in [0.2, 0.25) is 0 Å². The molecule has 1 aromatic heterocycles. The van der Waals surface area contributed by atoms with E-state index in [1.807, 2.05) is 18.8 Å². The van der Waals surface area contributed by atoms with Crippen molar-refractivity contribution in [2.24, 2.45) is 0 Å². The number of hydrogen-bond acceptors (Lipinski definition) is 5. The highest BCUT2D eigenvalue weighted by atomic mass is 32.2. The molecule has 0 radical (unpaired) electrons. The van der Waals surface area contributed by atoms with Gasteiger partial charge >= 0.3 is 0 Å². The van der Waals surface area contributed by atoms with Crippen molar-refractivity contribution in [3.8, 4) is 0 Å². The summed E-state index contributed by atoms with van der Waals surface area (Å²) in [4.78, 5) is 4.02. The summed E-state index contributed by atoms with van der Waals surface area (Å²) in [6.45, 7) is 1.15. The second-order valence-electron chi connectivity index (χ2n) is 4.84. The molecule has 0 saturated heterocycles. The van der Waals surface area contributed by atoms with Crippen LogP contribution < -0.4 is 10.0 Å². The lowest BCUT2D eigenvalue weighted by atomic mass is 10.2. The van der Waals surface area contributed by atoms with Gasteiger partial charge in [0.25, 0.3) is 10.0 Å². The van der Waals surface area contributed by atoms with Gasteiger partial charge in [0.05, 0.1) is 0 Å². The SMILES string of the molecule is CNCc1ccc(S(=O)(=O)NCCCCCCSC)nc1. The normalized spacial score (nSPS) is 11.7. The van der Waals surface area contributed by atoms with Crippen molar-refractivity contribution >= 4 is 21.8 Å². The standard InChI is InChI=1S/C14H25N3O2S2/c1-15-11-13-7-8-14(16-12-13)21(18,19)17-9-5-3-4-6-10-20-2/h7-8,12,15,17H,3-6,9-11H2,1-2H3. The second kappa shape index (κ2) is 10.2. The Bertz CT molecular complexity index is 489. The molecule has 0 aliphatic rings. The Morgan fingerprint density at radius 1 is 1.19 bits per heavy atom. The molecular formula is C14H25N3O2S2. The summed E-state index contributed by atoms with van der Waals surface area (Å²) in [6, 6.07) is 3.33. The van der Waals surface area contributed by atoms with Crippen LogP contribution >= 0.6 is 11.8 Å². The fourth-order valence-corrected chi connectivity index (χ4v) is 3.38. The molecular weight excluding hydrogens is 306 g/mol. The molecule has 0 bridgehead atoms. The number of pyridine rings is 1. The van der Waals surface area contributed by atoms with Gasteiger partial charge in [0, 0.05) is 19.3 Å². The van der Waals surface area contributed by atoms with E-state index in [9.17, 15) is 8.42 Å². The van der Waals surface area contributed by atoms with Gasteiger partial charge in [-0.1, -0.05) is 18.9 Å². The maximum Gasteiger partial charge on any atom is 0.258 e. The van der Waals surface area contributed by atoms with Crippen LogP contribution in [0.25, 0.3) is 0 Å². The van der Waals surface area contributed by atoms with Crippen molar-refractivity contribution in [1.29, 1.82) is 0 Å². The number of sulfonamides is 1. The Labute approximate surface area is 132 Å². The van der Waals surface area contributed by atoms with Crippen LogP contribution in [0.1, 0.15) is 31.2 Å². The van der Waals surface area contributed by atoms with Gasteiger partial charge in [-0.15, -0.1) is 0 Å². The van der Waals surface area contributed by atoms with Crippen LogP contribution in [0.15, 0.2) is 23.4 Å². The van der Waals surface area contributed by atoms with Gasteiger partial charge in [-0.25, -0.2) is 18.1 Å². The molecule has 0 fully saturated rings. The zero-order chi connectivity index (χ0) is 15.6. The van der Waals surface area contributed by atoms with Gasteiger partial charge in [-0.2, -0.15) is 11.8 Å². The predicted molar refractivity (Wildman–Crippen MR) is 89.0 cm³/mol. The zero-order valence-corrected chi connectivity index (χ0v) is 14.4. The maximum atomic E-state index is 12.0. The molecule has 1 aromatic rings. The van der Waals surface area contributed by atoms with Crippen LogP contribution in [0.4, 0.5) is 0 Å². The summed E-state index contributed by atoms with van der Waals surface area (Å²) >= 11 is 1.85. The average molecular weight is 332 g/mol. The van der Waals surface area contributed by atoms with Gasteiger partial charge < -0.3 is 5.32 Å². The summed E-state index contributed by atoms with van der Waals surface area (Å²) in [5.41, 5.74) is 0.963. The van der Waals surface area contributed by atoms with E-state index in [-0.39, 0.29) is 5.03 Å². The number of aromatic nitrogens is 1. The molecule has 0 atom stereocenters. The molecule has 120 valence electrons. The van der Waals surface area contributed by atoms with E-state index in [2.05, 4.69) is 21.3 Å². The van der Waals surface area contributed by atoms with Crippen molar-refractivity contribution in [1.82, 2.24) is 15.0 Å². The average Bonchev–Trinajstić information content (AvgIpc) is 2.47. The van der Waals surface area contributed by atoms with Crippen molar-refractivity contribution in [3.63, 3.8) is 0 Å². The summed E-state index contributed by atoms with van der Waals surface area (Å²) in [7, 11) is -1.64. The molecule has 5 nitrogen and oxygen atoms in total. The van der Waals surface area contributed by atoms with Crippen LogP contribution in [0, 0.1) is 0 Å². The fraction of sp³-hybridized carbons (Fsp3) is 0.643. The summed E-state index contributed by atoms with van der Waals surface area (Å²) in [5, 5.41) is 3.09. The van der Waals surface area contributed by atoms with Crippen molar-refractivity contribution in [3.05, 3.63) is 23.9 Å². The molecule has 0 unspecified atom stereocenters. The predicted octanol–water partition coefficient (Wildman–Crippen LogP) is 2.00. The van der Waals surface area contributed by atoms with Crippen molar-refractivity contribution in [2.45, 2.75) is 37.3 Å². The molecule has 0 aliphatic heterocycles. The van der Waals surface area contributed by atoms with E-state index in [0.29, 0.717) is 13.1 Å². The molecule has 0 aliphatic carbocycles. The van der Waals surface area contributed by atoms with E-state index >= 15 is 0 Å². The summed E-state index contributed by atoms with van der Waals surface area (Å²) < 4.78 is 26.7. The molecule has 1 rings (SSSR count). The lowest BCUT2D eigenvalue weighted by Gasteiger charge is -2.07. The smallest absolute Gasteiger partial charge is 0.258 e. The number of nitrogens with zero attached hydrogens (tertiary/aromatic N) is 1. The van der Waals surface area contributed by atoms with Crippen LogP contribution in [-0.2, 0) is 16.6 Å². The first-order chi connectivity index (χ1) is 10.1. The number of thioether (sulfide) groups is 1. The highest BCUT2D eigenvalue weighted by Crippen LogP contribution is 2.08. The summed E-state index contributed by atoms with van der Waals surface area (Å²) in [5.74, 6) is 1.18. The number of hydrogen-bond donors (Lipinski definition) is 2. The Hall–Kier alpha value is -0.630. The van der Waals surface area contributed by atoms with Gasteiger partial charge in [-0.3, -0.25) is 0 Å². The van der Waals surface area contributed by atoms with Gasteiger partial charge in [0.15, 0.2) is 5.03 Å². The first kappa shape index (κ1) is 18.4. The molecule has 21 heavy (non-hydrogen) atoms. The van der Waals surface area contributed by atoms with Crippen LogP contribution in [0.5, 0.6) is 0 Å². The molecule has 0 saturated carbocycles. The molecule has 1 heterocycles. The largest absolute Gasteiger partial charge is 0.316 e. The van der Waals surface area contributed by atoms with Crippen LogP contribution in [-0.4, -0.2) is 39.0 Å². The third kappa shape index (κ3) is 7.26. The monoisotopic (exact) mass is 331 g/mol. The molecule has 0 spiro atoms. The van der Waals surface area contributed by atoms with Crippen LogP contribution in [0.2, 0.25) is 0 Å². The lowest BCUT2D eigenvalue weighted by Crippen LogP contribution is -2.25. The summed E-state index contributed by atoms with van der Waals surface area (Å²) in [6.07, 6.45) is 7.96. The second-order valence-corrected chi connectivity index (χ2v) is 7.54. The number of unbranched alkanes of at least 4 members (excludes halogenated alkanes) is 3. The molecule has 0 aromatic carbocycles. The Morgan fingerprint density at radius 3 is 2.57 bits per heavy atom. The van der Waals surface area contributed by atoms with Crippen molar-refractivity contribution < 1.29 is 8.42 Å². The highest BCUT2D eigenvalue weighted by molar-refractivity contribution is 7.98. The van der Waals surface area contributed by atoms with E-state index in [0.717, 1.165) is 24.8 Å². The first-order valence-electron chi connectivity index (χ1n) is 7.18. The fourth-order valence-electron chi connectivity index (χ4n) is 1.88. The topological polar surface area (TPSA) is 71.1 Å². The minimum Gasteiger partial charge on any atom is -0.316 e. The quantitative estimate of drug-likeness (QED) is 0.607. The molecule has 7 heteroatoms. The first-order valence-corrected chi connectivity index (χ1v) is 10.1. The van der Waals surface area contributed by atoms with E-state index in [1.54, 1.807) is 18.3 Å². The maximum absolute atomic E-state index is 12.0. The number of nitrogens with one attached hydrogen (secondary N) is 2. The Balaban J connectivity index is 2.35. The third-order valence-corrected chi connectivity index (χ3v) is 5.09. The van der Waals surface area contributed by atoms with E-state index in [4.69, 9.17) is 0 Å². The van der Waals surface area contributed by atoms with Gasteiger partial charge in [-0.05, 0) is 43.5 Å². The third-order valence-electron chi connectivity index (χ3n) is 3.02. The molecule has 2 N–H and O–H groups in total. The minimum atomic E-state index is -3.48. The highest BCUT2D eigenvalue weighted by Gasteiger charge is 2.14. The Morgan fingerprint density at radius 2 is 1.95 bits per heavy atom.